The first kappa shape index (κ1) is 43.8. The van der Waals surface area contributed by atoms with E-state index in [9.17, 15) is 22.8 Å². The zero-order valence-corrected chi connectivity index (χ0v) is 34.0. The summed E-state index contributed by atoms with van der Waals surface area (Å²) in [6, 6.07) is 25.4. The van der Waals surface area contributed by atoms with Crippen LogP contribution in [-0.2, 0) is 10.4 Å². The van der Waals surface area contributed by atoms with Crippen LogP contribution in [-0.4, -0.2) is 63.1 Å². The van der Waals surface area contributed by atoms with Crippen molar-refractivity contribution >= 4 is 17.9 Å². The molecule has 56 heavy (non-hydrogen) atoms. The molecule has 0 bridgehead atoms. The minimum atomic E-state index is -4.59. The molecule has 0 spiro atoms. The monoisotopic (exact) mass is 789 g/mol. The summed E-state index contributed by atoms with van der Waals surface area (Å²) in [6.45, 7) is 8.66. The molecule has 0 radical (unpaired) electrons. The van der Waals surface area contributed by atoms with E-state index >= 15 is 0 Å². The van der Waals surface area contributed by atoms with Crippen LogP contribution in [0.1, 0.15) is 80.9 Å². The molecule has 1 aliphatic rings. The number of aromatic nitrogens is 4. The van der Waals surface area contributed by atoms with E-state index < -0.39 is 23.3 Å². The smallest absolute Gasteiger partial charge is 0.326 e. The van der Waals surface area contributed by atoms with Gasteiger partial charge in [0.25, 0.3) is 0 Å². The Morgan fingerprint density at radius 3 is 2.18 bits per heavy atom. The van der Waals surface area contributed by atoms with Crippen LogP contribution in [0.2, 0.25) is 0 Å². The average molecular weight is 790 g/mol. The molecule has 6 rings (SSSR count). The fraction of sp³-hybridized carbons (Fsp3) is 0.395. The maximum atomic E-state index is 13.2. The highest BCUT2D eigenvalue weighted by Crippen LogP contribution is 2.33. The Balaban J connectivity index is 0.000000247. The summed E-state index contributed by atoms with van der Waals surface area (Å²) in [4.78, 5) is 26.8. The lowest BCUT2D eigenvalue weighted by Gasteiger charge is -2.41. The first-order chi connectivity index (χ1) is 26.7. The van der Waals surface area contributed by atoms with Gasteiger partial charge in [0, 0.05) is 23.9 Å². The molecule has 0 N–H and O–H groups in total. The van der Waals surface area contributed by atoms with Crippen LogP contribution >= 0.6 is 12.0 Å². The van der Waals surface area contributed by atoms with Gasteiger partial charge in [-0.2, -0.15) is 23.5 Å². The van der Waals surface area contributed by atoms with Crippen LogP contribution in [0, 0.1) is 24.2 Å². The normalized spacial score (nSPS) is 15.5. The molecule has 9 nitrogen and oxygen atoms in total. The Morgan fingerprint density at radius 2 is 1.62 bits per heavy atom. The quantitative estimate of drug-likeness (QED) is 0.109. The molecule has 0 saturated heterocycles. The molecule has 2 heterocycles. The average Bonchev–Trinajstić information content (AvgIpc) is 3.77. The Hall–Kier alpha value is -4.90. The molecule has 3 aromatic carbocycles. The van der Waals surface area contributed by atoms with Crippen molar-refractivity contribution in [3.63, 3.8) is 0 Å². The van der Waals surface area contributed by atoms with Crippen LogP contribution in [0.25, 0.3) is 22.8 Å². The fourth-order valence-corrected chi connectivity index (χ4v) is 7.52. The molecule has 1 saturated carbocycles. The lowest BCUT2D eigenvalue weighted by Crippen LogP contribution is -2.50. The van der Waals surface area contributed by atoms with E-state index in [1.54, 1.807) is 44.4 Å². The van der Waals surface area contributed by atoms with E-state index in [0.29, 0.717) is 16.9 Å². The number of hydrogen-bond donors (Lipinski definition) is 0. The first-order valence-corrected chi connectivity index (χ1v) is 19.6. The molecule has 1 fully saturated rings. The zero-order chi connectivity index (χ0) is 41.0. The summed E-state index contributed by atoms with van der Waals surface area (Å²) >= 11 is 1.38. The standard InChI is InChI=1S/C23H16F3N5O2.C13H28N.C7H8OS/c1-14-21(20-10-11-28-31(20)18-8-6-16(13-27)7-9-18)30(15(2)32)22(33)29(14)19-5-3-4-17(12-19)23(24,25)26;1-5-7-12-8-10-13(11-9-12)14(3,4)6-2;1-8-9-7-5-3-2-4-6-7/h3-12H,1-2H3;12-13H,5-11H2,1-4H3;2-6H,1H3/q;+1;. The Bertz CT molecular complexity index is 2120. The molecule has 298 valence electrons. The third-order valence-electron chi connectivity index (χ3n) is 10.4. The maximum absolute atomic E-state index is 13.2. The van der Waals surface area contributed by atoms with Gasteiger partial charge in [0.05, 0.1) is 85.6 Å². The fourth-order valence-electron chi connectivity index (χ4n) is 7.06. The summed E-state index contributed by atoms with van der Waals surface area (Å²) in [7, 11) is 6.45. The Labute approximate surface area is 332 Å². The lowest BCUT2D eigenvalue weighted by atomic mass is 9.82. The van der Waals surface area contributed by atoms with E-state index in [1.165, 1.54) is 91.5 Å². The van der Waals surface area contributed by atoms with Crippen LogP contribution in [0.5, 0.6) is 0 Å². The maximum Gasteiger partial charge on any atom is 0.416 e. The SMILES string of the molecule is CC(=O)n1c(-c2ccnn2-c2ccc(C#N)cc2)c(C)n(-c2cccc(C(F)(F)F)c2)c1=O.CCCC1CCC([N+](C)(C)CC)CC1.COSc1ccccc1. The second-order valence-electron chi connectivity index (χ2n) is 14.4. The molecular formula is C43H52F3N6O3S+. The van der Waals surface area contributed by atoms with Gasteiger partial charge < -0.3 is 8.67 Å². The van der Waals surface area contributed by atoms with Crippen LogP contribution in [0.3, 0.4) is 0 Å². The first-order valence-electron chi connectivity index (χ1n) is 18.8. The third kappa shape index (κ3) is 10.9. The molecular weight excluding hydrogens is 738 g/mol. The lowest BCUT2D eigenvalue weighted by molar-refractivity contribution is -0.914. The summed E-state index contributed by atoms with van der Waals surface area (Å²) < 4.78 is 49.3. The predicted octanol–water partition coefficient (Wildman–Crippen LogP) is 10.1. The zero-order valence-electron chi connectivity index (χ0n) is 33.2. The highest BCUT2D eigenvalue weighted by molar-refractivity contribution is 7.94. The number of rotatable bonds is 9. The third-order valence-corrected chi connectivity index (χ3v) is 11.0. The number of imidazole rings is 1. The molecule has 0 amide bonds. The molecule has 0 unspecified atom stereocenters. The van der Waals surface area contributed by atoms with E-state index in [-0.39, 0.29) is 17.1 Å². The minimum absolute atomic E-state index is 0.0157. The second-order valence-corrected chi connectivity index (χ2v) is 15.3. The minimum Gasteiger partial charge on any atom is -0.326 e. The van der Waals surface area contributed by atoms with E-state index in [4.69, 9.17) is 9.44 Å². The number of benzene rings is 3. The number of carbonyl (C=O) groups excluding carboxylic acids is 1. The summed E-state index contributed by atoms with van der Waals surface area (Å²) in [5, 5.41) is 13.3. The highest BCUT2D eigenvalue weighted by Gasteiger charge is 2.32. The van der Waals surface area contributed by atoms with Gasteiger partial charge >= 0.3 is 11.9 Å². The molecule has 13 heteroatoms. The van der Waals surface area contributed by atoms with Crippen molar-refractivity contribution in [1.82, 2.24) is 18.9 Å². The van der Waals surface area contributed by atoms with E-state index in [2.05, 4.69) is 33.0 Å². The predicted molar refractivity (Wildman–Crippen MR) is 216 cm³/mol. The molecule has 0 atom stereocenters. The molecule has 2 aromatic heterocycles. The Kier molecular flexibility index (Phi) is 15.5. The van der Waals surface area contributed by atoms with E-state index in [0.717, 1.165) is 38.1 Å². The number of hydrogen-bond acceptors (Lipinski definition) is 6. The second kappa shape index (κ2) is 19.8. The van der Waals surface area contributed by atoms with Crippen molar-refractivity contribution < 1.29 is 26.6 Å². The van der Waals surface area contributed by atoms with Gasteiger partial charge in [0.2, 0.25) is 5.91 Å². The van der Waals surface area contributed by atoms with Gasteiger partial charge in [-0.05, 0) is 106 Å². The number of nitrogens with zero attached hydrogens (tertiary/aromatic N) is 6. The molecule has 0 aliphatic heterocycles. The largest absolute Gasteiger partial charge is 0.416 e. The van der Waals surface area contributed by atoms with Crippen LogP contribution in [0.15, 0.2) is 101 Å². The van der Waals surface area contributed by atoms with Crippen molar-refractivity contribution in [2.75, 3.05) is 27.7 Å². The van der Waals surface area contributed by atoms with Gasteiger partial charge in [0.15, 0.2) is 0 Å². The van der Waals surface area contributed by atoms with Crippen molar-refractivity contribution in [2.45, 2.75) is 83.3 Å². The van der Waals surface area contributed by atoms with Gasteiger partial charge in [-0.1, -0.05) is 44.0 Å². The summed E-state index contributed by atoms with van der Waals surface area (Å²) in [5.41, 5.74) is 0.153. The van der Waals surface area contributed by atoms with Crippen LogP contribution in [0.4, 0.5) is 13.2 Å². The summed E-state index contributed by atoms with van der Waals surface area (Å²) in [6.07, 6.45) is 5.63. The van der Waals surface area contributed by atoms with Crippen molar-refractivity contribution in [3.05, 3.63) is 118 Å². The van der Waals surface area contributed by atoms with E-state index in [1.807, 2.05) is 36.4 Å². The number of nitriles is 1. The number of quaternary nitrogens is 1. The molecule has 1 aliphatic carbocycles. The Morgan fingerprint density at radius 1 is 0.964 bits per heavy atom. The number of carbonyl (C=O) groups is 1. The highest BCUT2D eigenvalue weighted by atomic mass is 32.2. The van der Waals surface area contributed by atoms with Crippen LogP contribution < -0.4 is 5.69 Å². The topological polar surface area (TPSA) is 94.8 Å². The van der Waals surface area contributed by atoms with Gasteiger partial charge in [-0.3, -0.25) is 9.36 Å². The number of alkyl halides is 3. The van der Waals surface area contributed by atoms with Gasteiger partial charge in [-0.25, -0.2) is 14.0 Å². The van der Waals surface area contributed by atoms with Crippen molar-refractivity contribution in [2.24, 2.45) is 5.92 Å². The summed E-state index contributed by atoms with van der Waals surface area (Å²) in [5.74, 6) is 0.449. The van der Waals surface area contributed by atoms with Gasteiger partial charge in [0.1, 0.15) is 0 Å². The molecule has 5 aromatic rings. The van der Waals surface area contributed by atoms with Crippen molar-refractivity contribution in [3.8, 4) is 28.8 Å². The van der Waals surface area contributed by atoms with Crippen molar-refractivity contribution in [1.29, 1.82) is 5.26 Å². The number of halogens is 3. The van der Waals surface area contributed by atoms with Gasteiger partial charge in [-0.15, -0.1) is 0 Å².